The van der Waals surface area contributed by atoms with Gasteiger partial charge < -0.3 is 4.74 Å². The van der Waals surface area contributed by atoms with Crippen LogP contribution < -0.4 is 4.74 Å². The number of nitrogens with zero attached hydrogens (tertiary/aromatic N) is 2. The second-order valence-electron chi connectivity index (χ2n) is 5.76. The van der Waals surface area contributed by atoms with E-state index in [4.69, 9.17) is 16.3 Å². The third-order valence-corrected chi connectivity index (χ3v) is 4.12. The van der Waals surface area contributed by atoms with Crippen molar-refractivity contribution in [1.82, 2.24) is 9.77 Å². The molecule has 1 unspecified atom stereocenters. The lowest BCUT2D eigenvalue weighted by Crippen LogP contribution is -2.13. The van der Waals surface area contributed by atoms with Gasteiger partial charge >= 0.3 is 5.97 Å². The summed E-state index contributed by atoms with van der Waals surface area (Å²) < 4.78 is 19.5. The number of rotatable bonds is 5. The van der Waals surface area contributed by atoms with Crippen LogP contribution in [-0.2, 0) is 11.2 Å². The van der Waals surface area contributed by atoms with Crippen LogP contribution in [0, 0.1) is 0 Å². The molecule has 3 rings (SSSR count). The van der Waals surface area contributed by atoms with Crippen LogP contribution in [0.5, 0.6) is 5.75 Å². The highest BCUT2D eigenvalue weighted by Crippen LogP contribution is 2.32. The van der Waals surface area contributed by atoms with Crippen LogP contribution in [0.3, 0.4) is 0 Å². The second-order valence-corrected chi connectivity index (χ2v) is 6.98. The molecule has 1 aromatic heterocycles. The second kappa shape index (κ2) is 7.45. The Balaban J connectivity index is 2.06. The number of halogens is 2. The topological polar surface area (TPSA) is 44.1 Å². The Morgan fingerprint density at radius 2 is 2.04 bits per heavy atom. The summed E-state index contributed by atoms with van der Waals surface area (Å²) in [6, 6.07) is 12.7. The van der Waals surface area contributed by atoms with Crippen molar-refractivity contribution in [3.05, 3.63) is 58.9 Å². The first kappa shape index (κ1) is 17.8. The van der Waals surface area contributed by atoms with Gasteiger partial charge in [0.25, 0.3) is 0 Å². The van der Waals surface area contributed by atoms with E-state index in [1.165, 1.54) is 6.07 Å². The number of thiol groups is 1. The van der Waals surface area contributed by atoms with Gasteiger partial charge in [0.05, 0.1) is 6.42 Å². The first-order valence-corrected chi connectivity index (χ1v) is 8.63. The van der Waals surface area contributed by atoms with Crippen molar-refractivity contribution in [3.63, 3.8) is 0 Å². The van der Waals surface area contributed by atoms with Gasteiger partial charge in [0.2, 0.25) is 5.28 Å². The highest BCUT2D eigenvalue weighted by atomic mass is 35.5. The minimum absolute atomic E-state index is 0.117. The molecule has 3 aromatic rings. The van der Waals surface area contributed by atoms with E-state index in [1.807, 2.05) is 37.3 Å². The zero-order chi connectivity index (χ0) is 18.0. The molecule has 1 atom stereocenters. The fourth-order valence-electron chi connectivity index (χ4n) is 2.60. The number of esters is 1. The fourth-order valence-corrected chi connectivity index (χ4v) is 2.92. The number of imidazole rings is 1. The maximum absolute atomic E-state index is 14.0. The Hall–Kier alpha value is -2.05. The van der Waals surface area contributed by atoms with Crippen LogP contribution in [0.1, 0.15) is 24.5 Å². The number of benzene rings is 2. The number of hydrogen-bond acceptors (Lipinski definition) is 4. The predicted octanol–water partition coefficient (Wildman–Crippen LogP) is 4.63. The van der Waals surface area contributed by atoms with Crippen LogP contribution in [0.2, 0.25) is 5.28 Å². The molecule has 0 spiro atoms. The highest BCUT2D eigenvalue weighted by molar-refractivity contribution is 7.80. The average molecular weight is 379 g/mol. The van der Waals surface area contributed by atoms with E-state index in [-0.39, 0.29) is 22.5 Å². The summed E-state index contributed by atoms with van der Waals surface area (Å²) in [5, 5.41) is -0.384. The Kier molecular flexibility index (Phi) is 5.30. The molecule has 0 aliphatic heterocycles. The van der Waals surface area contributed by atoms with Crippen LogP contribution in [0.4, 0.5) is 4.48 Å². The van der Waals surface area contributed by atoms with E-state index in [9.17, 15) is 9.28 Å². The van der Waals surface area contributed by atoms with E-state index in [0.717, 1.165) is 5.56 Å². The summed E-state index contributed by atoms with van der Waals surface area (Å²) >= 11 is 10.0. The van der Waals surface area contributed by atoms with Crippen LogP contribution >= 0.6 is 24.2 Å². The Morgan fingerprint density at radius 1 is 1.32 bits per heavy atom. The standard InChI is InChI=1S/C18H16ClFN2O2S/c1-11(25)9-16(23)24-15-8-7-14-17(21-18(19)22(14)20)13(15)10-12-5-3-2-4-6-12/h2-8,11,25H,9-10H2,1H3. The normalized spacial score (nSPS) is 12.3. The van der Waals surface area contributed by atoms with Gasteiger partial charge in [-0.05, 0) is 29.3 Å². The number of carbonyl (C=O) groups is 1. The summed E-state index contributed by atoms with van der Waals surface area (Å²) in [5.74, 6) is -0.0490. The molecule has 0 bridgehead atoms. The average Bonchev–Trinajstić information content (AvgIpc) is 2.85. The van der Waals surface area contributed by atoms with E-state index < -0.39 is 5.97 Å². The van der Waals surface area contributed by atoms with E-state index >= 15 is 0 Å². The number of ether oxygens (including phenoxy) is 1. The van der Waals surface area contributed by atoms with Gasteiger partial charge in [0.1, 0.15) is 16.8 Å². The quantitative estimate of drug-likeness (QED) is 0.400. The Labute approximate surface area is 154 Å². The predicted molar refractivity (Wildman–Crippen MR) is 99.2 cm³/mol. The first-order valence-electron chi connectivity index (χ1n) is 7.74. The lowest BCUT2D eigenvalue weighted by Gasteiger charge is -2.12. The van der Waals surface area contributed by atoms with Crippen molar-refractivity contribution in [1.29, 1.82) is 0 Å². The van der Waals surface area contributed by atoms with E-state index in [2.05, 4.69) is 17.6 Å². The van der Waals surface area contributed by atoms with Gasteiger partial charge in [-0.15, -0.1) is 4.79 Å². The molecule has 7 heteroatoms. The molecule has 2 aromatic carbocycles. The summed E-state index contributed by atoms with van der Waals surface area (Å²) in [7, 11) is 0. The summed E-state index contributed by atoms with van der Waals surface area (Å²) in [4.78, 5) is 16.4. The minimum Gasteiger partial charge on any atom is -0.426 e. The van der Waals surface area contributed by atoms with Crippen molar-refractivity contribution in [2.45, 2.75) is 25.0 Å². The maximum atomic E-state index is 14.0. The van der Waals surface area contributed by atoms with Gasteiger partial charge in [0, 0.05) is 17.2 Å². The Bertz CT molecular complexity index is 912. The molecule has 0 N–H and O–H groups in total. The SMILES string of the molecule is CC(S)CC(=O)Oc1ccc2c(nc(Cl)n2F)c1Cc1ccccc1. The van der Waals surface area contributed by atoms with Gasteiger partial charge in [-0.1, -0.05) is 41.7 Å². The van der Waals surface area contributed by atoms with Gasteiger partial charge in [0.15, 0.2) is 0 Å². The summed E-state index contributed by atoms with van der Waals surface area (Å²) in [6.45, 7) is 1.81. The lowest BCUT2D eigenvalue weighted by atomic mass is 10.0. The van der Waals surface area contributed by atoms with Crippen LogP contribution in [-0.4, -0.2) is 21.0 Å². The van der Waals surface area contributed by atoms with Gasteiger partial charge in [-0.25, -0.2) is 4.98 Å². The van der Waals surface area contributed by atoms with Gasteiger partial charge in [-0.3, -0.25) is 4.79 Å². The summed E-state index contributed by atoms with van der Waals surface area (Å²) in [6.07, 6.45) is 0.606. The molecule has 0 amide bonds. The van der Waals surface area contributed by atoms with Crippen molar-refractivity contribution in [2.75, 3.05) is 0 Å². The first-order chi connectivity index (χ1) is 12.0. The van der Waals surface area contributed by atoms with Gasteiger partial charge in [-0.2, -0.15) is 12.6 Å². The maximum Gasteiger partial charge on any atom is 0.312 e. The number of hydrogen-bond donors (Lipinski definition) is 1. The molecule has 0 aliphatic rings. The van der Waals surface area contributed by atoms with E-state index in [0.29, 0.717) is 28.0 Å². The van der Waals surface area contributed by atoms with Crippen LogP contribution in [0.15, 0.2) is 42.5 Å². The molecule has 130 valence electrons. The third-order valence-electron chi connectivity index (χ3n) is 3.71. The number of fused-ring (bicyclic) bond motifs is 1. The zero-order valence-corrected chi connectivity index (χ0v) is 15.1. The molecular formula is C18H16ClFN2O2S. The third kappa shape index (κ3) is 3.96. The lowest BCUT2D eigenvalue weighted by molar-refractivity contribution is -0.134. The molecule has 0 saturated carbocycles. The fraction of sp³-hybridized carbons (Fsp3) is 0.222. The molecule has 0 fully saturated rings. The van der Waals surface area contributed by atoms with Crippen LogP contribution in [0.25, 0.3) is 11.0 Å². The molecule has 4 nitrogen and oxygen atoms in total. The number of carbonyl (C=O) groups excluding carboxylic acids is 1. The van der Waals surface area contributed by atoms with Crippen molar-refractivity contribution in [3.8, 4) is 5.75 Å². The van der Waals surface area contributed by atoms with E-state index in [1.54, 1.807) is 6.07 Å². The summed E-state index contributed by atoms with van der Waals surface area (Å²) in [5.41, 5.74) is 2.21. The molecule has 0 aliphatic carbocycles. The molecular weight excluding hydrogens is 363 g/mol. The molecule has 1 heterocycles. The Morgan fingerprint density at radius 3 is 2.72 bits per heavy atom. The number of aromatic nitrogens is 2. The van der Waals surface area contributed by atoms with Crippen molar-refractivity contribution >= 4 is 41.2 Å². The molecule has 0 radical (unpaired) electrons. The van der Waals surface area contributed by atoms with Crippen molar-refractivity contribution in [2.24, 2.45) is 0 Å². The molecule has 0 saturated heterocycles. The highest BCUT2D eigenvalue weighted by Gasteiger charge is 2.19. The minimum atomic E-state index is -0.401. The van der Waals surface area contributed by atoms with Crippen molar-refractivity contribution < 1.29 is 14.0 Å². The monoisotopic (exact) mass is 378 g/mol. The largest absolute Gasteiger partial charge is 0.426 e. The molecule has 25 heavy (non-hydrogen) atoms. The zero-order valence-electron chi connectivity index (χ0n) is 13.4. The smallest absolute Gasteiger partial charge is 0.312 e.